The minimum Gasteiger partial charge on any atom is -0.394 e. The Morgan fingerprint density at radius 2 is 2.00 bits per heavy atom. The molecule has 0 radical (unpaired) electrons. The first-order chi connectivity index (χ1) is 7.83. The molecule has 1 heterocycles. The number of hydrogen-bond acceptors (Lipinski definition) is 3. The van der Waals surface area contributed by atoms with E-state index in [0.717, 1.165) is 26.2 Å². The number of piperazine rings is 1. The van der Waals surface area contributed by atoms with Gasteiger partial charge in [-0.3, -0.25) is 4.90 Å². The standard InChI is InChI=1S/C12H17FN2O/c13-11-4-2-1-3-10(11)12(9-16)15-7-5-14-6-8-15/h1-4,12,14,16H,5-9H2/t12-/m1/s1. The zero-order chi connectivity index (χ0) is 11.4. The molecule has 88 valence electrons. The maximum atomic E-state index is 13.6. The molecule has 0 saturated carbocycles. The second kappa shape index (κ2) is 5.39. The van der Waals surface area contributed by atoms with Crippen LogP contribution in [0.2, 0.25) is 0 Å². The van der Waals surface area contributed by atoms with Crippen molar-refractivity contribution in [3.05, 3.63) is 35.6 Å². The maximum absolute atomic E-state index is 13.6. The third-order valence-corrected chi connectivity index (χ3v) is 3.03. The molecule has 1 fully saturated rings. The number of rotatable bonds is 3. The zero-order valence-corrected chi connectivity index (χ0v) is 9.19. The van der Waals surface area contributed by atoms with Gasteiger partial charge < -0.3 is 10.4 Å². The van der Waals surface area contributed by atoms with Crippen LogP contribution in [0.15, 0.2) is 24.3 Å². The molecule has 1 aromatic rings. The highest BCUT2D eigenvalue weighted by Crippen LogP contribution is 2.22. The smallest absolute Gasteiger partial charge is 0.128 e. The molecule has 0 amide bonds. The van der Waals surface area contributed by atoms with Crippen LogP contribution >= 0.6 is 0 Å². The Kier molecular flexibility index (Phi) is 3.88. The fraction of sp³-hybridized carbons (Fsp3) is 0.500. The number of aliphatic hydroxyl groups is 1. The summed E-state index contributed by atoms with van der Waals surface area (Å²) >= 11 is 0. The second-order valence-corrected chi connectivity index (χ2v) is 4.01. The van der Waals surface area contributed by atoms with Gasteiger partial charge in [0.05, 0.1) is 12.6 Å². The molecule has 0 unspecified atom stereocenters. The summed E-state index contributed by atoms with van der Waals surface area (Å²) in [4.78, 5) is 2.12. The van der Waals surface area contributed by atoms with Crippen molar-refractivity contribution in [1.82, 2.24) is 10.2 Å². The summed E-state index contributed by atoms with van der Waals surface area (Å²) in [6.45, 7) is 3.44. The quantitative estimate of drug-likeness (QED) is 0.796. The highest BCUT2D eigenvalue weighted by molar-refractivity contribution is 5.21. The summed E-state index contributed by atoms with van der Waals surface area (Å²) in [6.07, 6.45) is 0. The number of nitrogens with one attached hydrogen (secondary N) is 1. The van der Waals surface area contributed by atoms with Gasteiger partial charge in [0.25, 0.3) is 0 Å². The van der Waals surface area contributed by atoms with Crippen molar-refractivity contribution in [2.45, 2.75) is 6.04 Å². The molecule has 2 rings (SSSR count). The Hall–Kier alpha value is -0.970. The van der Waals surface area contributed by atoms with Crippen LogP contribution in [0.5, 0.6) is 0 Å². The summed E-state index contributed by atoms with van der Waals surface area (Å²) in [7, 11) is 0. The summed E-state index contributed by atoms with van der Waals surface area (Å²) in [6, 6.07) is 6.45. The molecule has 1 aromatic carbocycles. The minimum atomic E-state index is -0.236. The van der Waals surface area contributed by atoms with Crippen LogP contribution < -0.4 is 5.32 Å². The molecule has 0 spiro atoms. The molecule has 4 heteroatoms. The summed E-state index contributed by atoms with van der Waals surface area (Å²) in [5.41, 5.74) is 0.590. The molecule has 16 heavy (non-hydrogen) atoms. The average molecular weight is 224 g/mol. The minimum absolute atomic E-state index is 0.0407. The molecule has 0 bridgehead atoms. The third kappa shape index (κ3) is 2.40. The Labute approximate surface area is 94.9 Å². The van der Waals surface area contributed by atoms with Crippen LogP contribution in [0.1, 0.15) is 11.6 Å². The van der Waals surface area contributed by atoms with E-state index in [1.54, 1.807) is 12.1 Å². The van der Waals surface area contributed by atoms with Gasteiger partial charge in [-0.15, -0.1) is 0 Å². The van der Waals surface area contributed by atoms with Crippen LogP contribution in [-0.4, -0.2) is 42.8 Å². The predicted octanol–water partition coefficient (Wildman–Crippen LogP) is 0.764. The molecule has 1 aliphatic heterocycles. The molecule has 3 nitrogen and oxygen atoms in total. The molecule has 0 aliphatic carbocycles. The number of aliphatic hydroxyl groups excluding tert-OH is 1. The van der Waals surface area contributed by atoms with Gasteiger partial charge in [-0.25, -0.2) is 4.39 Å². The van der Waals surface area contributed by atoms with E-state index in [-0.39, 0.29) is 18.5 Å². The number of halogens is 1. The SMILES string of the molecule is OC[C@H](c1ccccc1F)N1CCNCC1. The lowest BCUT2D eigenvalue weighted by Crippen LogP contribution is -2.46. The Morgan fingerprint density at radius 3 is 2.62 bits per heavy atom. The average Bonchev–Trinajstić information content (AvgIpc) is 2.34. The molecular weight excluding hydrogens is 207 g/mol. The van der Waals surface area contributed by atoms with Crippen molar-refractivity contribution >= 4 is 0 Å². The van der Waals surface area contributed by atoms with Crippen molar-refractivity contribution in [2.24, 2.45) is 0 Å². The fourth-order valence-corrected chi connectivity index (χ4v) is 2.15. The van der Waals surface area contributed by atoms with Crippen molar-refractivity contribution in [3.8, 4) is 0 Å². The number of nitrogens with zero attached hydrogens (tertiary/aromatic N) is 1. The van der Waals surface area contributed by atoms with E-state index in [2.05, 4.69) is 10.2 Å². The number of hydrogen-bond donors (Lipinski definition) is 2. The van der Waals surface area contributed by atoms with Gasteiger partial charge in [0, 0.05) is 31.7 Å². The van der Waals surface area contributed by atoms with Crippen LogP contribution in [0.4, 0.5) is 4.39 Å². The van der Waals surface area contributed by atoms with Gasteiger partial charge in [0.1, 0.15) is 5.82 Å². The lowest BCUT2D eigenvalue weighted by Gasteiger charge is -2.34. The Balaban J connectivity index is 2.18. The van der Waals surface area contributed by atoms with Gasteiger partial charge in [-0.1, -0.05) is 18.2 Å². The van der Waals surface area contributed by atoms with Crippen molar-refractivity contribution in [2.75, 3.05) is 32.8 Å². The third-order valence-electron chi connectivity index (χ3n) is 3.03. The van der Waals surface area contributed by atoms with E-state index in [4.69, 9.17) is 0 Å². The molecule has 1 atom stereocenters. The molecule has 1 saturated heterocycles. The van der Waals surface area contributed by atoms with E-state index in [1.807, 2.05) is 6.07 Å². The van der Waals surface area contributed by atoms with Crippen molar-refractivity contribution < 1.29 is 9.50 Å². The predicted molar refractivity (Wildman–Crippen MR) is 60.7 cm³/mol. The van der Waals surface area contributed by atoms with Crippen LogP contribution in [-0.2, 0) is 0 Å². The monoisotopic (exact) mass is 224 g/mol. The highest BCUT2D eigenvalue weighted by atomic mass is 19.1. The van der Waals surface area contributed by atoms with Gasteiger partial charge in [-0.05, 0) is 6.07 Å². The summed E-state index contributed by atoms with van der Waals surface area (Å²) < 4.78 is 13.6. The van der Waals surface area contributed by atoms with Gasteiger partial charge in [-0.2, -0.15) is 0 Å². The summed E-state index contributed by atoms with van der Waals surface area (Å²) in [5, 5.41) is 12.7. The highest BCUT2D eigenvalue weighted by Gasteiger charge is 2.23. The fourth-order valence-electron chi connectivity index (χ4n) is 2.15. The second-order valence-electron chi connectivity index (χ2n) is 4.01. The first-order valence-corrected chi connectivity index (χ1v) is 5.63. The van der Waals surface area contributed by atoms with Gasteiger partial charge >= 0.3 is 0 Å². The summed E-state index contributed by atoms with van der Waals surface area (Å²) in [5.74, 6) is -0.236. The van der Waals surface area contributed by atoms with Crippen molar-refractivity contribution in [1.29, 1.82) is 0 Å². The first kappa shape index (κ1) is 11.5. The molecule has 0 aromatic heterocycles. The van der Waals surface area contributed by atoms with Crippen LogP contribution in [0.3, 0.4) is 0 Å². The van der Waals surface area contributed by atoms with E-state index in [1.165, 1.54) is 6.07 Å². The van der Waals surface area contributed by atoms with E-state index < -0.39 is 0 Å². The van der Waals surface area contributed by atoms with Crippen LogP contribution in [0.25, 0.3) is 0 Å². The lowest BCUT2D eigenvalue weighted by molar-refractivity contribution is 0.108. The Bertz CT molecular complexity index is 340. The largest absolute Gasteiger partial charge is 0.394 e. The molecule has 1 aliphatic rings. The maximum Gasteiger partial charge on any atom is 0.128 e. The normalized spacial score (nSPS) is 19.6. The zero-order valence-electron chi connectivity index (χ0n) is 9.19. The van der Waals surface area contributed by atoms with E-state index in [9.17, 15) is 9.50 Å². The topological polar surface area (TPSA) is 35.5 Å². The Morgan fingerprint density at radius 1 is 1.31 bits per heavy atom. The first-order valence-electron chi connectivity index (χ1n) is 5.63. The van der Waals surface area contributed by atoms with Crippen molar-refractivity contribution in [3.63, 3.8) is 0 Å². The van der Waals surface area contributed by atoms with Gasteiger partial charge in [0.15, 0.2) is 0 Å². The van der Waals surface area contributed by atoms with Crippen LogP contribution in [0, 0.1) is 5.82 Å². The van der Waals surface area contributed by atoms with E-state index in [0.29, 0.717) is 5.56 Å². The number of benzene rings is 1. The molecular formula is C12H17FN2O. The van der Waals surface area contributed by atoms with Gasteiger partial charge in [0.2, 0.25) is 0 Å². The molecule has 2 N–H and O–H groups in total. The lowest BCUT2D eigenvalue weighted by atomic mass is 10.0. The van der Waals surface area contributed by atoms with E-state index >= 15 is 0 Å².